The molecule has 0 radical (unpaired) electrons. The molecule has 0 aromatic heterocycles. The highest BCUT2D eigenvalue weighted by Crippen LogP contribution is 2.20. The number of aliphatic imine (C=N–C) groups is 1. The van der Waals surface area contributed by atoms with Crippen LogP contribution in [-0.4, -0.2) is 18.0 Å². The molecule has 3 nitrogen and oxygen atoms in total. The maximum atomic E-state index is 5.90. The van der Waals surface area contributed by atoms with Crippen LogP contribution >= 0.6 is 0 Å². The molecule has 1 saturated carbocycles. The van der Waals surface area contributed by atoms with Gasteiger partial charge < -0.3 is 11.1 Å². The zero-order chi connectivity index (χ0) is 10.5. The van der Waals surface area contributed by atoms with Gasteiger partial charge in [-0.2, -0.15) is 0 Å². The number of nitrogens with one attached hydrogen (secondary N) is 1. The molecule has 0 aromatic carbocycles. The highest BCUT2D eigenvalue weighted by atomic mass is 15.1. The molecule has 1 fully saturated rings. The first kappa shape index (κ1) is 10.5. The molecule has 2 aliphatic rings. The number of hydrogen-bond donors (Lipinski definition) is 2. The molecular formula is C12H21N3. The van der Waals surface area contributed by atoms with Gasteiger partial charge in [0.15, 0.2) is 5.96 Å². The van der Waals surface area contributed by atoms with Crippen LogP contribution in [0.3, 0.4) is 0 Å². The van der Waals surface area contributed by atoms with Crippen LogP contribution in [0.25, 0.3) is 0 Å². The number of rotatable bonds is 2. The molecule has 0 unspecified atom stereocenters. The lowest BCUT2D eigenvalue weighted by Crippen LogP contribution is -2.39. The molecule has 0 amide bonds. The minimum atomic E-state index is 0.473. The van der Waals surface area contributed by atoms with E-state index in [1.165, 1.54) is 32.1 Å². The van der Waals surface area contributed by atoms with Gasteiger partial charge >= 0.3 is 0 Å². The number of nitrogens with zero attached hydrogens (tertiary/aromatic N) is 1. The molecule has 15 heavy (non-hydrogen) atoms. The highest BCUT2D eigenvalue weighted by Gasteiger charge is 2.14. The molecule has 0 saturated heterocycles. The highest BCUT2D eigenvalue weighted by molar-refractivity contribution is 5.78. The van der Waals surface area contributed by atoms with Crippen LogP contribution in [0.5, 0.6) is 0 Å². The summed E-state index contributed by atoms with van der Waals surface area (Å²) in [7, 11) is 0. The lowest BCUT2D eigenvalue weighted by Gasteiger charge is -2.19. The third kappa shape index (κ3) is 3.26. The minimum absolute atomic E-state index is 0.473. The van der Waals surface area contributed by atoms with Crippen molar-refractivity contribution in [3.63, 3.8) is 0 Å². The topological polar surface area (TPSA) is 50.4 Å². The van der Waals surface area contributed by atoms with Gasteiger partial charge in [0.2, 0.25) is 0 Å². The van der Waals surface area contributed by atoms with Gasteiger partial charge in [0.05, 0.1) is 6.04 Å². The van der Waals surface area contributed by atoms with Crippen molar-refractivity contribution < 1.29 is 0 Å². The van der Waals surface area contributed by atoms with E-state index >= 15 is 0 Å². The first-order valence-corrected chi connectivity index (χ1v) is 6.09. The molecule has 0 spiro atoms. The van der Waals surface area contributed by atoms with Crippen molar-refractivity contribution in [2.75, 3.05) is 0 Å². The molecule has 2 rings (SSSR count). The zero-order valence-electron chi connectivity index (χ0n) is 9.28. The third-order valence-electron chi connectivity index (χ3n) is 3.26. The normalized spacial score (nSPS) is 24.7. The maximum Gasteiger partial charge on any atom is 0.189 e. The van der Waals surface area contributed by atoms with Crippen LogP contribution in [0.4, 0.5) is 0 Å². The average Bonchev–Trinajstić information content (AvgIpc) is 2.71. The predicted molar refractivity (Wildman–Crippen MR) is 63.8 cm³/mol. The lowest BCUT2D eigenvalue weighted by atomic mass is 9.96. The molecule has 3 heteroatoms. The van der Waals surface area contributed by atoms with Crippen LogP contribution in [0.15, 0.2) is 17.1 Å². The van der Waals surface area contributed by atoms with E-state index in [-0.39, 0.29) is 0 Å². The molecule has 0 atom stereocenters. The van der Waals surface area contributed by atoms with Gasteiger partial charge in [-0.15, -0.1) is 0 Å². The lowest BCUT2D eigenvalue weighted by molar-refractivity contribution is 0.441. The first-order valence-electron chi connectivity index (χ1n) is 6.09. The summed E-state index contributed by atoms with van der Waals surface area (Å²) in [6.07, 6.45) is 13.0. The molecule has 0 aliphatic heterocycles. The van der Waals surface area contributed by atoms with E-state index < -0.39 is 0 Å². The van der Waals surface area contributed by atoms with Crippen LogP contribution in [-0.2, 0) is 0 Å². The van der Waals surface area contributed by atoms with Gasteiger partial charge in [-0.05, 0) is 25.7 Å². The molecule has 0 bridgehead atoms. The Kier molecular flexibility index (Phi) is 3.64. The zero-order valence-corrected chi connectivity index (χ0v) is 9.28. The summed E-state index contributed by atoms with van der Waals surface area (Å²) >= 11 is 0. The molecule has 84 valence electrons. The maximum absolute atomic E-state index is 5.90. The molecule has 3 N–H and O–H groups in total. The van der Waals surface area contributed by atoms with Crippen molar-refractivity contribution in [1.29, 1.82) is 0 Å². The summed E-state index contributed by atoms with van der Waals surface area (Å²) in [5, 5.41) is 3.29. The van der Waals surface area contributed by atoms with E-state index in [1.807, 2.05) is 0 Å². The van der Waals surface area contributed by atoms with Gasteiger partial charge in [0, 0.05) is 6.04 Å². The second kappa shape index (κ2) is 5.19. The quantitative estimate of drug-likeness (QED) is 0.413. The van der Waals surface area contributed by atoms with E-state index in [1.54, 1.807) is 0 Å². The fourth-order valence-corrected chi connectivity index (χ4v) is 2.39. The summed E-state index contributed by atoms with van der Waals surface area (Å²) in [6, 6.07) is 0.956. The molecule has 0 heterocycles. The second-order valence-electron chi connectivity index (χ2n) is 4.59. The van der Waals surface area contributed by atoms with Gasteiger partial charge in [-0.3, -0.25) is 4.99 Å². The van der Waals surface area contributed by atoms with Gasteiger partial charge in [0.25, 0.3) is 0 Å². The van der Waals surface area contributed by atoms with Crippen LogP contribution in [0.2, 0.25) is 0 Å². The SMILES string of the molecule is NC(=NC1CCCCC1)NC1CC=CC1. The Hall–Kier alpha value is -0.990. The summed E-state index contributed by atoms with van der Waals surface area (Å²) in [4.78, 5) is 4.56. The van der Waals surface area contributed by atoms with E-state index in [0.717, 1.165) is 12.8 Å². The van der Waals surface area contributed by atoms with Crippen molar-refractivity contribution in [2.24, 2.45) is 10.7 Å². The minimum Gasteiger partial charge on any atom is -0.370 e. The fraction of sp³-hybridized carbons (Fsp3) is 0.750. The number of hydrogen-bond acceptors (Lipinski definition) is 1. The summed E-state index contributed by atoms with van der Waals surface area (Å²) in [6.45, 7) is 0. The monoisotopic (exact) mass is 207 g/mol. The van der Waals surface area contributed by atoms with E-state index in [4.69, 9.17) is 5.73 Å². The van der Waals surface area contributed by atoms with Gasteiger partial charge in [-0.25, -0.2) is 0 Å². The number of guanidine groups is 1. The van der Waals surface area contributed by atoms with Crippen molar-refractivity contribution in [1.82, 2.24) is 5.32 Å². The van der Waals surface area contributed by atoms with Crippen LogP contribution < -0.4 is 11.1 Å². The molecular weight excluding hydrogens is 186 g/mol. The van der Waals surface area contributed by atoms with Crippen molar-refractivity contribution >= 4 is 5.96 Å². The summed E-state index contributed by atoms with van der Waals surface area (Å²) < 4.78 is 0. The number of nitrogens with two attached hydrogens (primary N) is 1. The molecule has 2 aliphatic carbocycles. The van der Waals surface area contributed by atoms with E-state index in [9.17, 15) is 0 Å². The predicted octanol–water partition coefficient (Wildman–Crippen LogP) is 1.94. The second-order valence-corrected chi connectivity index (χ2v) is 4.59. The Labute approximate surface area is 91.8 Å². The molecule has 0 aromatic rings. The Bertz CT molecular complexity index is 244. The fourth-order valence-electron chi connectivity index (χ4n) is 2.39. The largest absolute Gasteiger partial charge is 0.370 e. The Morgan fingerprint density at radius 1 is 1.13 bits per heavy atom. The van der Waals surface area contributed by atoms with Crippen molar-refractivity contribution in [2.45, 2.75) is 57.0 Å². The summed E-state index contributed by atoms with van der Waals surface area (Å²) in [5.41, 5.74) is 5.90. The first-order chi connectivity index (χ1) is 7.34. The average molecular weight is 207 g/mol. The van der Waals surface area contributed by atoms with Crippen LogP contribution in [0, 0.1) is 0 Å². The van der Waals surface area contributed by atoms with Crippen molar-refractivity contribution in [3.8, 4) is 0 Å². The Morgan fingerprint density at radius 3 is 2.47 bits per heavy atom. The van der Waals surface area contributed by atoms with Gasteiger partial charge in [0.1, 0.15) is 0 Å². The third-order valence-corrected chi connectivity index (χ3v) is 3.26. The standard InChI is InChI=1S/C12H21N3/c13-12(15-11-8-4-5-9-11)14-10-6-2-1-3-7-10/h4-5,10-11H,1-3,6-9H2,(H3,13,14,15). The Morgan fingerprint density at radius 2 is 1.80 bits per heavy atom. The van der Waals surface area contributed by atoms with Gasteiger partial charge in [-0.1, -0.05) is 31.4 Å². The van der Waals surface area contributed by atoms with E-state index in [2.05, 4.69) is 22.5 Å². The smallest absolute Gasteiger partial charge is 0.189 e. The summed E-state index contributed by atoms with van der Waals surface area (Å²) in [5.74, 6) is 0.649. The van der Waals surface area contributed by atoms with Crippen molar-refractivity contribution in [3.05, 3.63) is 12.2 Å². The Balaban J connectivity index is 1.77. The van der Waals surface area contributed by atoms with Crippen LogP contribution in [0.1, 0.15) is 44.9 Å². The van der Waals surface area contributed by atoms with E-state index in [0.29, 0.717) is 18.0 Å².